The Kier molecular flexibility index (Phi) is 3.83. The maximum absolute atomic E-state index is 5.36. The predicted octanol–water partition coefficient (Wildman–Crippen LogP) is 3.85. The molecule has 0 aliphatic carbocycles. The van der Waals surface area contributed by atoms with Crippen molar-refractivity contribution in [1.29, 1.82) is 0 Å². The number of benzene rings is 2. The second-order valence-electron chi connectivity index (χ2n) is 3.78. The van der Waals surface area contributed by atoms with E-state index in [0.29, 0.717) is 0 Å². The summed E-state index contributed by atoms with van der Waals surface area (Å²) in [5.41, 5.74) is 2.35. The second kappa shape index (κ2) is 5.77. The number of anilines is 2. The monoisotopic (exact) mass is 221 g/mol. The van der Waals surface area contributed by atoms with Crippen LogP contribution in [0.3, 0.4) is 0 Å². The number of rotatable bonds is 4. The van der Waals surface area contributed by atoms with E-state index in [1.165, 1.54) is 11.4 Å². The second-order valence-corrected chi connectivity index (χ2v) is 3.78. The van der Waals surface area contributed by atoms with E-state index in [1.54, 1.807) is 0 Å². The first-order valence-corrected chi connectivity index (χ1v) is 5.73. The molecule has 2 aromatic carbocycles. The average Bonchev–Trinajstić information content (AvgIpc) is 2.42. The highest BCUT2D eigenvalue weighted by Crippen LogP contribution is 2.24. The van der Waals surface area contributed by atoms with Crippen molar-refractivity contribution in [3.05, 3.63) is 60.7 Å². The lowest BCUT2D eigenvalue weighted by atomic mass is 10.2. The minimum absolute atomic E-state index is 0.740. The molecule has 1 nitrogen and oxygen atoms in total. The zero-order valence-corrected chi connectivity index (χ0v) is 9.71. The molecule has 0 aliphatic rings. The summed E-state index contributed by atoms with van der Waals surface area (Å²) in [5, 5.41) is 0. The van der Waals surface area contributed by atoms with Crippen molar-refractivity contribution in [2.45, 2.75) is 6.42 Å². The van der Waals surface area contributed by atoms with Gasteiger partial charge in [-0.3, -0.25) is 0 Å². The summed E-state index contributed by atoms with van der Waals surface area (Å²) in [6.45, 7) is 0.838. The summed E-state index contributed by atoms with van der Waals surface area (Å²) >= 11 is 0. The molecule has 0 aromatic heterocycles. The Hall–Kier alpha value is -2.20. The van der Waals surface area contributed by atoms with E-state index in [-0.39, 0.29) is 0 Å². The highest BCUT2D eigenvalue weighted by atomic mass is 15.1. The highest BCUT2D eigenvalue weighted by molar-refractivity contribution is 5.62. The van der Waals surface area contributed by atoms with Crippen molar-refractivity contribution in [2.75, 3.05) is 11.4 Å². The average molecular weight is 221 g/mol. The third kappa shape index (κ3) is 2.89. The van der Waals surface area contributed by atoms with Gasteiger partial charge in [0.2, 0.25) is 0 Å². The fraction of sp³-hybridized carbons (Fsp3) is 0.125. The summed E-state index contributed by atoms with van der Waals surface area (Å²) in [5.74, 6) is 2.70. The molecule has 0 fully saturated rings. The fourth-order valence-electron chi connectivity index (χ4n) is 1.80. The van der Waals surface area contributed by atoms with Crippen LogP contribution in [0.2, 0.25) is 0 Å². The van der Waals surface area contributed by atoms with Crippen LogP contribution in [0.4, 0.5) is 11.4 Å². The minimum Gasteiger partial charge on any atom is -0.341 e. The van der Waals surface area contributed by atoms with Crippen molar-refractivity contribution >= 4 is 11.4 Å². The normalized spacial score (nSPS) is 9.59. The number of hydrogen-bond acceptors (Lipinski definition) is 1. The van der Waals surface area contributed by atoms with Crippen molar-refractivity contribution in [3.8, 4) is 12.3 Å². The minimum atomic E-state index is 0.740. The van der Waals surface area contributed by atoms with Crippen LogP contribution in [0.5, 0.6) is 0 Å². The highest BCUT2D eigenvalue weighted by Gasteiger charge is 2.06. The van der Waals surface area contributed by atoms with Gasteiger partial charge in [-0.05, 0) is 24.3 Å². The Bertz CT molecular complexity index is 442. The van der Waals surface area contributed by atoms with Gasteiger partial charge in [0.05, 0.1) is 0 Å². The summed E-state index contributed by atoms with van der Waals surface area (Å²) in [6, 6.07) is 20.6. The van der Waals surface area contributed by atoms with E-state index in [4.69, 9.17) is 6.42 Å². The molecule has 0 atom stereocenters. The van der Waals surface area contributed by atoms with Crippen LogP contribution in [-0.4, -0.2) is 6.54 Å². The SMILES string of the molecule is C#CCCN(c1ccccc1)c1ccccc1. The predicted molar refractivity (Wildman–Crippen MR) is 73.3 cm³/mol. The third-order valence-corrected chi connectivity index (χ3v) is 2.62. The molecular formula is C16H15N. The van der Waals surface area contributed by atoms with Gasteiger partial charge in [-0.15, -0.1) is 12.3 Å². The molecule has 0 amide bonds. The molecule has 1 heteroatoms. The summed E-state index contributed by atoms with van der Waals surface area (Å²) in [7, 11) is 0. The van der Waals surface area contributed by atoms with Crippen molar-refractivity contribution in [2.24, 2.45) is 0 Å². The lowest BCUT2D eigenvalue weighted by Crippen LogP contribution is -2.17. The molecule has 0 heterocycles. The van der Waals surface area contributed by atoms with Gasteiger partial charge in [0, 0.05) is 24.3 Å². The molecule has 0 spiro atoms. The molecule has 0 saturated carbocycles. The van der Waals surface area contributed by atoms with Crippen LogP contribution in [-0.2, 0) is 0 Å². The smallest absolute Gasteiger partial charge is 0.0411 e. The van der Waals surface area contributed by atoms with E-state index in [0.717, 1.165) is 13.0 Å². The van der Waals surface area contributed by atoms with E-state index in [2.05, 4.69) is 35.1 Å². The Morgan fingerprint density at radius 2 is 1.29 bits per heavy atom. The Balaban J connectivity index is 2.30. The number of hydrogen-bond donors (Lipinski definition) is 0. The third-order valence-electron chi connectivity index (χ3n) is 2.62. The van der Waals surface area contributed by atoms with E-state index >= 15 is 0 Å². The van der Waals surface area contributed by atoms with Gasteiger partial charge < -0.3 is 4.90 Å². The molecule has 2 rings (SSSR count). The van der Waals surface area contributed by atoms with E-state index in [9.17, 15) is 0 Å². The molecule has 0 bridgehead atoms. The van der Waals surface area contributed by atoms with Crippen molar-refractivity contribution in [1.82, 2.24) is 0 Å². The van der Waals surface area contributed by atoms with E-state index < -0.39 is 0 Å². The molecule has 2 aromatic rings. The van der Waals surface area contributed by atoms with Crippen LogP contribution >= 0.6 is 0 Å². The molecule has 0 unspecified atom stereocenters. The fourth-order valence-corrected chi connectivity index (χ4v) is 1.80. The largest absolute Gasteiger partial charge is 0.341 e. The molecule has 0 aliphatic heterocycles. The zero-order chi connectivity index (χ0) is 11.9. The van der Waals surface area contributed by atoms with E-state index in [1.807, 2.05) is 36.4 Å². The first kappa shape index (κ1) is 11.3. The summed E-state index contributed by atoms with van der Waals surface area (Å²) < 4.78 is 0. The zero-order valence-electron chi connectivity index (χ0n) is 9.71. The maximum Gasteiger partial charge on any atom is 0.0411 e. The van der Waals surface area contributed by atoms with Crippen LogP contribution < -0.4 is 4.90 Å². The molecular weight excluding hydrogens is 206 g/mol. The number of terminal acetylenes is 1. The lowest BCUT2D eigenvalue weighted by molar-refractivity contribution is 0.958. The first-order valence-electron chi connectivity index (χ1n) is 5.73. The topological polar surface area (TPSA) is 3.24 Å². The Morgan fingerprint density at radius 1 is 0.824 bits per heavy atom. The lowest BCUT2D eigenvalue weighted by Gasteiger charge is -2.24. The van der Waals surface area contributed by atoms with Crippen LogP contribution in [0.15, 0.2) is 60.7 Å². The summed E-state index contributed by atoms with van der Waals surface area (Å²) in [4.78, 5) is 2.24. The van der Waals surface area contributed by atoms with Crippen LogP contribution in [0.1, 0.15) is 6.42 Å². The summed E-state index contributed by atoms with van der Waals surface area (Å²) in [6.07, 6.45) is 6.10. The van der Waals surface area contributed by atoms with Gasteiger partial charge in [-0.2, -0.15) is 0 Å². The van der Waals surface area contributed by atoms with Gasteiger partial charge in [0.25, 0.3) is 0 Å². The Labute approximate surface area is 103 Å². The van der Waals surface area contributed by atoms with Gasteiger partial charge in [0.15, 0.2) is 0 Å². The molecule has 0 radical (unpaired) electrons. The molecule has 17 heavy (non-hydrogen) atoms. The number of para-hydroxylation sites is 2. The molecule has 84 valence electrons. The van der Waals surface area contributed by atoms with Crippen molar-refractivity contribution < 1.29 is 0 Å². The van der Waals surface area contributed by atoms with Gasteiger partial charge >= 0.3 is 0 Å². The van der Waals surface area contributed by atoms with Gasteiger partial charge in [-0.1, -0.05) is 36.4 Å². The quantitative estimate of drug-likeness (QED) is 0.709. The van der Waals surface area contributed by atoms with Crippen molar-refractivity contribution in [3.63, 3.8) is 0 Å². The van der Waals surface area contributed by atoms with Crippen LogP contribution in [0, 0.1) is 12.3 Å². The molecule has 0 N–H and O–H groups in total. The number of nitrogens with zero attached hydrogens (tertiary/aromatic N) is 1. The van der Waals surface area contributed by atoms with Crippen LogP contribution in [0.25, 0.3) is 0 Å². The van der Waals surface area contributed by atoms with Gasteiger partial charge in [0.1, 0.15) is 0 Å². The van der Waals surface area contributed by atoms with Gasteiger partial charge in [-0.25, -0.2) is 0 Å². The molecule has 0 saturated heterocycles. The standard InChI is InChI=1S/C16H15N/c1-2-3-14-17(15-10-6-4-7-11-15)16-12-8-5-9-13-16/h1,4-13H,3,14H2. The Morgan fingerprint density at radius 3 is 1.71 bits per heavy atom. The first-order chi connectivity index (χ1) is 8.42. The maximum atomic E-state index is 5.36.